The van der Waals surface area contributed by atoms with Crippen molar-refractivity contribution in [1.29, 1.82) is 0 Å². The Morgan fingerprint density at radius 1 is 0.932 bits per heavy atom. The van der Waals surface area contributed by atoms with E-state index in [2.05, 4.69) is 5.32 Å². The number of alkyl halides is 3. The predicted octanol–water partition coefficient (Wildman–Crippen LogP) is 5.86. The lowest BCUT2D eigenvalue weighted by Crippen LogP contribution is -2.47. The number of halogens is 3. The summed E-state index contributed by atoms with van der Waals surface area (Å²) in [5.74, 6) is -0.161. The number of para-hydroxylation sites is 1. The van der Waals surface area contributed by atoms with Crippen molar-refractivity contribution >= 4 is 23.4 Å². The van der Waals surface area contributed by atoms with Crippen molar-refractivity contribution in [3.63, 3.8) is 0 Å². The minimum absolute atomic E-state index is 0.00331. The van der Waals surface area contributed by atoms with Gasteiger partial charge in [-0.3, -0.25) is 9.69 Å². The molecular weight excluding hydrogens is 581 g/mol. The van der Waals surface area contributed by atoms with Crippen LogP contribution in [0.5, 0.6) is 11.5 Å². The van der Waals surface area contributed by atoms with Gasteiger partial charge in [-0.1, -0.05) is 30.3 Å². The molecule has 0 unspecified atom stereocenters. The molecule has 0 saturated carbocycles. The average Bonchev–Trinajstić information content (AvgIpc) is 2.98. The molecule has 1 aliphatic heterocycles. The second-order valence-corrected chi connectivity index (χ2v) is 11.0. The van der Waals surface area contributed by atoms with E-state index in [9.17, 15) is 27.7 Å². The maximum absolute atomic E-state index is 13.7. The van der Waals surface area contributed by atoms with Gasteiger partial charge < -0.3 is 19.7 Å². The molecule has 1 heterocycles. The second-order valence-electron chi connectivity index (χ2n) is 11.0. The standard InChI is InChI=1S/C31H34F3N4O6/c1-30(2,3)44-38(41)26-14-13-25(43-29(40)36-17-15-35-16-18-36)19-27(26)37(28(39)21-42-24-7-5-4-6-8-24)20-22-9-11-23(12-10-22)31(32,33)34/h4-14,19,35H,15-18,20-21H2,1-3H3/q+1. The predicted molar refractivity (Wildman–Crippen MR) is 156 cm³/mol. The Morgan fingerprint density at radius 2 is 1.59 bits per heavy atom. The molecule has 4 rings (SSSR count). The van der Waals surface area contributed by atoms with Crippen molar-refractivity contribution in [2.24, 2.45) is 0 Å². The highest BCUT2D eigenvalue weighted by atomic mass is 19.4. The fourth-order valence-corrected chi connectivity index (χ4v) is 4.28. The summed E-state index contributed by atoms with van der Waals surface area (Å²) in [4.78, 5) is 48.3. The van der Waals surface area contributed by atoms with E-state index in [-0.39, 0.29) is 28.6 Å². The highest BCUT2D eigenvalue weighted by Crippen LogP contribution is 2.36. The normalized spacial score (nSPS) is 13.6. The quantitative estimate of drug-likeness (QED) is 0.301. The van der Waals surface area contributed by atoms with Gasteiger partial charge in [0.25, 0.3) is 10.8 Å². The van der Waals surface area contributed by atoms with E-state index in [1.165, 1.54) is 40.1 Å². The second kappa shape index (κ2) is 13.8. The van der Waals surface area contributed by atoms with Crippen molar-refractivity contribution in [3.8, 4) is 11.5 Å². The van der Waals surface area contributed by atoms with Crippen LogP contribution < -0.4 is 19.7 Å². The van der Waals surface area contributed by atoms with Gasteiger partial charge in [0.2, 0.25) is 0 Å². The van der Waals surface area contributed by atoms with Gasteiger partial charge in [0.15, 0.2) is 12.2 Å². The van der Waals surface area contributed by atoms with Crippen LogP contribution in [0.1, 0.15) is 31.9 Å². The zero-order chi connectivity index (χ0) is 31.9. The van der Waals surface area contributed by atoms with Crippen LogP contribution >= 0.6 is 0 Å². The van der Waals surface area contributed by atoms with Crippen molar-refractivity contribution in [2.45, 2.75) is 39.1 Å². The molecule has 3 aromatic rings. The highest BCUT2D eigenvalue weighted by molar-refractivity contribution is 5.97. The fourth-order valence-electron chi connectivity index (χ4n) is 4.28. The van der Waals surface area contributed by atoms with Crippen molar-refractivity contribution in [2.75, 3.05) is 37.7 Å². The Hall–Kier alpha value is -4.65. The zero-order valence-corrected chi connectivity index (χ0v) is 24.6. The van der Waals surface area contributed by atoms with Crippen LogP contribution in [0.4, 0.5) is 29.3 Å². The van der Waals surface area contributed by atoms with E-state index in [0.29, 0.717) is 37.5 Å². The topological polar surface area (TPSA) is 100 Å². The highest BCUT2D eigenvalue weighted by Gasteiger charge is 2.34. The molecule has 44 heavy (non-hydrogen) atoms. The summed E-state index contributed by atoms with van der Waals surface area (Å²) < 4.78 is 50.9. The van der Waals surface area contributed by atoms with E-state index in [1.54, 1.807) is 51.1 Å². The third-order valence-electron chi connectivity index (χ3n) is 6.40. The number of rotatable bonds is 9. The number of ether oxygens (including phenoxy) is 2. The molecule has 0 aromatic heterocycles. The molecule has 1 N–H and O–H groups in total. The van der Waals surface area contributed by atoms with Crippen LogP contribution in [0.25, 0.3) is 0 Å². The molecule has 0 aliphatic carbocycles. The maximum atomic E-state index is 13.7. The number of nitrogens with one attached hydrogen (secondary N) is 1. The van der Waals surface area contributed by atoms with E-state index in [4.69, 9.17) is 14.3 Å². The molecule has 3 aromatic carbocycles. The monoisotopic (exact) mass is 615 g/mol. The number of nitrogens with zero attached hydrogens (tertiary/aromatic N) is 3. The number of benzene rings is 3. The lowest BCUT2D eigenvalue weighted by Gasteiger charge is -2.27. The fraction of sp³-hybridized carbons (Fsp3) is 0.355. The first kappa shape index (κ1) is 32.3. The van der Waals surface area contributed by atoms with Crippen LogP contribution in [0.15, 0.2) is 72.8 Å². The summed E-state index contributed by atoms with van der Waals surface area (Å²) in [5.41, 5.74) is -1.52. The molecule has 10 nitrogen and oxygen atoms in total. The first-order chi connectivity index (χ1) is 20.8. The third kappa shape index (κ3) is 8.93. The van der Waals surface area contributed by atoms with Crippen LogP contribution in [0.2, 0.25) is 0 Å². The van der Waals surface area contributed by atoms with Crippen LogP contribution in [0.3, 0.4) is 0 Å². The van der Waals surface area contributed by atoms with Gasteiger partial charge in [0.05, 0.1) is 17.0 Å². The Morgan fingerprint density at radius 3 is 2.20 bits per heavy atom. The number of carbonyl (C=O) groups excluding carboxylic acids is 2. The average molecular weight is 616 g/mol. The maximum Gasteiger partial charge on any atom is 0.416 e. The minimum Gasteiger partial charge on any atom is -0.484 e. The van der Waals surface area contributed by atoms with Crippen LogP contribution in [0, 0.1) is 4.91 Å². The zero-order valence-electron chi connectivity index (χ0n) is 24.6. The van der Waals surface area contributed by atoms with Gasteiger partial charge >= 0.3 is 18.0 Å². The Kier molecular flexibility index (Phi) is 10.1. The summed E-state index contributed by atoms with van der Waals surface area (Å²) in [6.07, 6.45) is -5.15. The van der Waals surface area contributed by atoms with Gasteiger partial charge in [-0.25, -0.2) is 9.63 Å². The van der Waals surface area contributed by atoms with E-state index < -0.39 is 35.9 Å². The first-order valence-corrected chi connectivity index (χ1v) is 13.9. The van der Waals surface area contributed by atoms with E-state index in [0.717, 1.165) is 12.1 Å². The number of hydrogen-bond donors (Lipinski definition) is 1. The van der Waals surface area contributed by atoms with Crippen LogP contribution in [-0.4, -0.2) is 60.2 Å². The number of anilines is 1. The molecule has 0 atom stereocenters. The lowest BCUT2D eigenvalue weighted by atomic mass is 10.1. The Balaban J connectivity index is 1.73. The number of amides is 2. The van der Waals surface area contributed by atoms with Crippen LogP contribution in [-0.2, 0) is 22.4 Å². The number of hydrogen-bond acceptors (Lipinski definition) is 7. The molecule has 1 aliphatic rings. The molecule has 13 heteroatoms. The molecule has 0 spiro atoms. The summed E-state index contributed by atoms with van der Waals surface area (Å²) in [7, 11) is 0. The van der Waals surface area contributed by atoms with E-state index in [1.807, 2.05) is 0 Å². The van der Waals surface area contributed by atoms with Gasteiger partial charge in [-0.2, -0.15) is 13.2 Å². The Labute approximate surface area is 252 Å². The molecule has 1 fully saturated rings. The molecular formula is C31H34F3N4O6+. The van der Waals surface area contributed by atoms with Crippen molar-refractivity contribution in [1.82, 2.24) is 10.2 Å². The lowest BCUT2D eigenvalue weighted by molar-refractivity contribution is -0.765. The van der Waals surface area contributed by atoms with Crippen molar-refractivity contribution in [3.05, 3.63) is 88.8 Å². The molecule has 234 valence electrons. The summed E-state index contributed by atoms with van der Waals surface area (Å²) in [5, 5.41) is 3.15. The van der Waals surface area contributed by atoms with Gasteiger partial charge in [-0.15, -0.1) is 0 Å². The third-order valence-corrected chi connectivity index (χ3v) is 6.40. The molecule has 0 bridgehead atoms. The molecule has 2 amide bonds. The largest absolute Gasteiger partial charge is 0.484 e. The number of carbonyl (C=O) groups is 2. The van der Waals surface area contributed by atoms with Gasteiger partial charge in [0.1, 0.15) is 17.2 Å². The molecule has 1 saturated heterocycles. The Bertz CT molecular complexity index is 1450. The van der Waals surface area contributed by atoms with E-state index >= 15 is 0 Å². The summed E-state index contributed by atoms with van der Waals surface area (Å²) in [6, 6.07) is 17.0. The summed E-state index contributed by atoms with van der Waals surface area (Å²) >= 11 is 0. The summed E-state index contributed by atoms with van der Waals surface area (Å²) in [6.45, 7) is 6.38. The SMILES string of the molecule is CC(C)(C)O[N+](=O)c1ccc(OC(=O)N2CCNCC2)cc1N(Cc1ccc(C(F)(F)F)cc1)C(=O)COc1ccccc1. The van der Waals surface area contributed by atoms with Gasteiger partial charge in [-0.05, 0) is 56.7 Å². The van der Waals surface area contributed by atoms with Crippen molar-refractivity contribution < 1.29 is 42.0 Å². The smallest absolute Gasteiger partial charge is 0.416 e. The molecule has 0 radical (unpaired) electrons. The first-order valence-electron chi connectivity index (χ1n) is 13.9. The number of piperazine rings is 1. The minimum atomic E-state index is -4.54. The van der Waals surface area contributed by atoms with Gasteiger partial charge in [0, 0.05) is 38.3 Å².